The second kappa shape index (κ2) is 5.80. The molecule has 0 spiro atoms. The van der Waals surface area contributed by atoms with Crippen molar-refractivity contribution < 1.29 is 14.3 Å². The molecule has 0 unspecified atom stereocenters. The SMILES string of the molecule is CC(C)[C@]12C[C@@H](O[Si](C)(C)C(C)(C)C)[C@](C)(O)[C@@H]3CC[C@@H](C)[C@H]3[C@H]1O2. The number of hydrogen-bond donors (Lipinski definition) is 1. The van der Waals surface area contributed by atoms with Gasteiger partial charge in [-0.2, -0.15) is 0 Å². The molecule has 0 aromatic carbocycles. The first-order valence-corrected chi connectivity index (χ1v) is 13.2. The van der Waals surface area contributed by atoms with Gasteiger partial charge in [-0.25, -0.2) is 0 Å². The number of ether oxygens (including phenoxy) is 1. The second-order valence-electron chi connectivity index (χ2n) is 11.2. The number of epoxide rings is 1. The van der Waals surface area contributed by atoms with Crippen LogP contribution in [0.5, 0.6) is 0 Å². The quantitative estimate of drug-likeness (QED) is 0.564. The van der Waals surface area contributed by atoms with E-state index in [1.54, 1.807) is 0 Å². The lowest BCUT2D eigenvalue weighted by Gasteiger charge is -2.46. The first-order chi connectivity index (χ1) is 11.2. The zero-order valence-electron chi connectivity index (χ0n) is 17.8. The summed E-state index contributed by atoms with van der Waals surface area (Å²) in [5.74, 6) is 1.87. The number of rotatable bonds is 3. The first-order valence-electron chi connectivity index (χ1n) is 10.3. The van der Waals surface area contributed by atoms with Gasteiger partial charge in [-0.15, -0.1) is 0 Å². The summed E-state index contributed by atoms with van der Waals surface area (Å²) in [6, 6.07) is 0. The Kier molecular flexibility index (Phi) is 4.60. The van der Waals surface area contributed by atoms with E-state index in [1.165, 1.54) is 6.42 Å². The lowest BCUT2D eigenvalue weighted by molar-refractivity contribution is -0.115. The maximum Gasteiger partial charge on any atom is 0.192 e. The van der Waals surface area contributed by atoms with Crippen LogP contribution in [0.3, 0.4) is 0 Å². The molecular weight excluding hydrogens is 328 g/mol. The highest BCUT2D eigenvalue weighted by atomic mass is 28.4. The molecule has 1 heterocycles. The molecule has 1 saturated heterocycles. The van der Waals surface area contributed by atoms with Crippen LogP contribution in [0.15, 0.2) is 0 Å². The van der Waals surface area contributed by atoms with Crippen LogP contribution in [-0.2, 0) is 9.16 Å². The molecule has 0 aromatic heterocycles. The van der Waals surface area contributed by atoms with Gasteiger partial charge in [-0.1, -0.05) is 41.5 Å². The molecule has 0 amide bonds. The van der Waals surface area contributed by atoms with Crippen LogP contribution in [0, 0.1) is 23.7 Å². The van der Waals surface area contributed by atoms with Crippen molar-refractivity contribution in [1.29, 1.82) is 0 Å². The normalized spacial score (nSPS) is 47.4. The molecule has 2 saturated carbocycles. The van der Waals surface area contributed by atoms with E-state index < -0.39 is 13.9 Å². The van der Waals surface area contributed by atoms with Gasteiger partial charge >= 0.3 is 0 Å². The van der Waals surface area contributed by atoms with Crippen molar-refractivity contribution in [3.63, 3.8) is 0 Å². The fourth-order valence-electron chi connectivity index (χ4n) is 5.31. The van der Waals surface area contributed by atoms with E-state index in [-0.39, 0.29) is 16.7 Å². The smallest absolute Gasteiger partial charge is 0.192 e. The fraction of sp³-hybridized carbons (Fsp3) is 1.00. The predicted molar refractivity (Wildman–Crippen MR) is 105 cm³/mol. The summed E-state index contributed by atoms with van der Waals surface area (Å²) < 4.78 is 13.3. The Labute approximate surface area is 156 Å². The van der Waals surface area contributed by atoms with E-state index in [0.717, 1.165) is 12.8 Å². The van der Waals surface area contributed by atoms with Crippen LogP contribution < -0.4 is 0 Å². The van der Waals surface area contributed by atoms with Crippen molar-refractivity contribution in [2.24, 2.45) is 23.7 Å². The summed E-state index contributed by atoms with van der Waals surface area (Å²) in [7, 11) is -1.96. The Hall–Kier alpha value is 0.0969. The molecule has 146 valence electrons. The molecule has 25 heavy (non-hydrogen) atoms. The molecule has 1 N–H and O–H groups in total. The number of fused-ring (bicyclic) bond motifs is 3. The molecule has 0 bridgehead atoms. The van der Waals surface area contributed by atoms with Crippen molar-refractivity contribution >= 4 is 8.32 Å². The van der Waals surface area contributed by atoms with E-state index in [9.17, 15) is 5.11 Å². The van der Waals surface area contributed by atoms with Crippen molar-refractivity contribution in [1.82, 2.24) is 0 Å². The second-order valence-corrected chi connectivity index (χ2v) is 15.9. The van der Waals surface area contributed by atoms with Gasteiger partial charge in [-0.3, -0.25) is 0 Å². The van der Waals surface area contributed by atoms with Crippen molar-refractivity contribution in [2.75, 3.05) is 0 Å². The average molecular weight is 369 g/mol. The predicted octanol–water partition coefficient (Wildman–Crippen LogP) is 4.99. The summed E-state index contributed by atoms with van der Waals surface area (Å²) in [4.78, 5) is 0. The minimum absolute atomic E-state index is 0.0883. The van der Waals surface area contributed by atoms with E-state index >= 15 is 0 Å². The third-order valence-electron chi connectivity index (χ3n) is 8.30. The van der Waals surface area contributed by atoms with Crippen LogP contribution in [0.4, 0.5) is 0 Å². The van der Waals surface area contributed by atoms with E-state index in [0.29, 0.717) is 29.8 Å². The summed E-state index contributed by atoms with van der Waals surface area (Å²) in [5, 5.41) is 11.9. The minimum Gasteiger partial charge on any atom is -0.411 e. The third-order valence-corrected chi connectivity index (χ3v) is 12.8. The third kappa shape index (κ3) is 2.96. The average Bonchev–Trinajstić information content (AvgIpc) is 3.03. The molecule has 0 aromatic rings. The maximum atomic E-state index is 11.7. The Morgan fingerprint density at radius 2 is 1.80 bits per heavy atom. The highest BCUT2D eigenvalue weighted by Crippen LogP contribution is 2.63. The lowest BCUT2D eigenvalue weighted by Crippen LogP contribution is -2.55. The summed E-state index contributed by atoms with van der Waals surface area (Å²) in [6.45, 7) is 20.4. The van der Waals surface area contributed by atoms with Gasteiger partial charge in [0.05, 0.1) is 23.4 Å². The van der Waals surface area contributed by atoms with Crippen molar-refractivity contribution in [3.05, 3.63) is 0 Å². The number of hydrogen-bond acceptors (Lipinski definition) is 3. The van der Waals surface area contributed by atoms with Gasteiger partial charge in [-0.05, 0) is 61.6 Å². The highest BCUT2D eigenvalue weighted by molar-refractivity contribution is 6.74. The lowest BCUT2D eigenvalue weighted by atomic mass is 9.76. The van der Waals surface area contributed by atoms with Crippen LogP contribution >= 0.6 is 0 Å². The monoisotopic (exact) mass is 368 g/mol. The largest absolute Gasteiger partial charge is 0.411 e. The van der Waals surface area contributed by atoms with Crippen molar-refractivity contribution in [3.8, 4) is 0 Å². The standard InChI is InChI=1S/C21H40O3Si/c1-13(2)21-12-16(24-25(8,9)19(4,5)6)20(7,22)15-11-10-14(3)17(15)18(21)23-21/h13-18,22H,10-12H2,1-9H3/t14-,15-,16-,17-,18-,20-,21-/m1/s1. The van der Waals surface area contributed by atoms with Crippen molar-refractivity contribution in [2.45, 2.75) is 109 Å². The molecule has 3 rings (SSSR count). The van der Waals surface area contributed by atoms with E-state index in [1.807, 2.05) is 0 Å². The van der Waals surface area contributed by atoms with Crippen LogP contribution in [0.25, 0.3) is 0 Å². The molecule has 7 atom stereocenters. The molecule has 0 radical (unpaired) electrons. The summed E-state index contributed by atoms with van der Waals surface area (Å²) >= 11 is 0. The molecule has 3 nitrogen and oxygen atoms in total. The Bertz CT molecular complexity index is 522. The molecular formula is C21H40O3Si. The van der Waals surface area contributed by atoms with Crippen LogP contribution in [-0.4, -0.2) is 36.8 Å². The summed E-state index contributed by atoms with van der Waals surface area (Å²) in [5.41, 5.74) is -0.849. The highest BCUT2D eigenvalue weighted by Gasteiger charge is 2.70. The Balaban J connectivity index is 1.97. The molecule has 4 heteroatoms. The zero-order valence-corrected chi connectivity index (χ0v) is 18.8. The van der Waals surface area contributed by atoms with Gasteiger partial charge in [0.2, 0.25) is 0 Å². The van der Waals surface area contributed by atoms with E-state index in [2.05, 4.69) is 61.6 Å². The topological polar surface area (TPSA) is 42.0 Å². The van der Waals surface area contributed by atoms with Gasteiger partial charge in [0, 0.05) is 6.42 Å². The Morgan fingerprint density at radius 1 is 1.20 bits per heavy atom. The first kappa shape index (κ1) is 19.8. The van der Waals surface area contributed by atoms with Gasteiger partial charge in [0.1, 0.15) is 0 Å². The maximum absolute atomic E-state index is 11.7. The van der Waals surface area contributed by atoms with Gasteiger partial charge in [0.15, 0.2) is 8.32 Å². The Morgan fingerprint density at radius 3 is 2.32 bits per heavy atom. The zero-order chi connectivity index (χ0) is 19.0. The van der Waals surface area contributed by atoms with E-state index in [4.69, 9.17) is 9.16 Å². The minimum atomic E-state index is -1.96. The fourth-order valence-corrected chi connectivity index (χ4v) is 6.70. The molecule has 2 aliphatic carbocycles. The summed E-state index contributed by atoms with van der Waals surface area (Å²) in [6.07, 6.45) is 3.33. The van der Waals surface area contributed by atoms with Crippen LogP contribution in [0.2, 0.25) is 18.1 Å². The molecule has 3 fully saturated rings. The molecule has 3 aliphatic rings. The molecule has 1 aliphatic heterocycles. The number of aliphatic hydroxyl groups is 1. The van der Waals surface area contributed by atoms with Crippen LogP contribution in [0.1, 0.15) is 67.7 Å². The van der Waals surface area contributed by atoms with Gasteiger partial charge in [0.25, 0.3) is 0 Å². The van der Waals surface area contributed by atoms with Gasteiger partial charge < -0.3 is 14.3 Å².